The number of hydrogen-bond donors (Lipinski definition) is 1. The van der Waals surface area contributed by atoms with E-state index in [-0.39, 0.29) is 22.4 Å². The summed E-state index contributed by atoms with van der Waals surface area (Å²) in [6.45, 7) is 0.273. The lowest BCUT2D eigenvalue weighted by molar-refractivity contribution is 0.413. The van der Waals surface area contributed by atoms with Gasteiger partial charge in [0.25, 0.3) is 5.56 Å². The first-order chi connectivity index (χ1) is 17.0. The molecule has 176 valence electrons. The van der Waals surface area contributed by atoms with Gasteiger partial charge in [-0.1, -0.05) is 48.2 Å². The van der Waals surface area contributed by atoms with Crippen LogP contribution in [0.15, 0.2) is 96.6 Å². The number of methoxy groups -OCH3 is 2. The Hall–Kier alpha value is -4.17. The summed E-state index contributed by atoms with van der Waals surface area (Å²) in [5.74, 6) is 0.712. The maximum atomic E-state index is 13.7. The van der Waals surface area contributed by atoms with Crippen molar-refractivity contribution in [3.8, 4) is 17.2 Å². The highest BCUT2D eigenvalue weighted by molar-refractivity contribution is 7.99. The molecule has 5 aromatic rings. The first-order valence-corrected chi connectivity index (χ1v) is 11.6. The molecular formula is C27H21NO6S. The van der Waals surface area contributed by atoms with E-state index in [0.29, 0.717) is 27.3 Å². The first-order valence-electron chi connectivity index (χ1n) is 10.8. The number of rotatable bonds is 6. The molecule has 0 spiro atoms. The molecule has 1 N–H and O–H groups in total. The summed E-state index contributed by atoms with van der Waals surface area (Å²) in [6, 6.07) is 21.7. The van der Waals surface area contributed by atoms with E-state index in [1.54, 1.807) is 54.1 Å². The first kappa shape index (κ1) is 22.6. The number of aromatic hydroxyl groups is 1. The van der Waals surface area contributed by atoms with Gasteiger partial charge in [0.15, 0.2) is 11.3 Å². The molecule has 2 aromatic heterocycles. The van der Waals surface area contributed by atoms with Gasteiger partial charge < -0.3 is 23.6 Å². The summed E-state index contributed by atoms with van der Waals surface area (Å²) < 4.78 is 17.8. The standard InChI is InChI=1S/C27H21NO6S/c1-32-17-9-6-10-19(13-17)35-25-23(29)22-24(34-27(25)31)20-14-18(33-2)11-12-21(20)28(26(22)30)15-16-7-4-3-5-8-16/h3-14,29H,15H2,1-2H3. The summed E-state index contributed by atoms with van der Waals surface area (Å²) in [7, 11) is 3.07. The average molecular weight is 488 g/mol. The van der Waals surface area contributed by atoms with Crippen molar-refractivity contribution in [1.82, 2.24) is 4.57 Å². The van der Waals surface area contributed by atoms with E-state index in [4.69, 9.17) is 13.9 Å². The van der Waals surface area contributed by atoms with Gasteiger partial charge in [-0.05, 0) is 42.0 Å². The molecule has 0 aliphatic heterocycles. The van der Waals surface area contributed by atoms with Crippen LogP contribution >= 0.6 is 11.8 Å². The lowest BCUT2D eigenvalue weighted by atomic mass is 10.1. The van der Waals surface area contributed by atoms with E-state index in [9.17, 15) is 14.7 Å². The van der Waals surface area contributed by atoms with Crippen molar-refractivity contribution >= 4 is 33.6 Å². The van der Waals surface area contributed by atoms with Gasteiger partial charge in [0.1, 0.15) is 21.8 Å². The van der Waals surface area contributed by atoms with Gasteiger partial charge in [0, 0.05) is 10.3 Å². The minimum atomic E-state index is -0.743. The number of ether oxygens (including phenoxy) is 2. The fourth-order valence-corrected chi connectivity index (χ4v) is 4.88. The second-order valence-corrected chi connectivity index (χ2v) is 8.90. The number of fused-ring (bicyclic) bond motifs is 3. The second kappa shape index (κ2) is 9.23. The predicted molar refractivity (Wildman–Crippen MR) is 135 cm³/mol. The zero-order valence-electron chi connectivity index (χ0n) is 19.0. The number of pyridine rings is 1. The van der Waals surface area contributed by atoms with Crippen LogP contribution < -0.4 is 20.7 Å². The van der Waals surface area contributed by atoms with Gasteiger partial charge in [0.05, 0.1) is 26.3 Å². The van der Waals surface area contributed by atoms with E-state index < -0.39 is 16.9 Å². The van der Waals surface area contributed by atoms with E-state index in [0.717, 1.165) is 17.3 Å². The van der Waals surface area contributed by atoms with Gasteiger partial charge in [-0.3, -0.25) is 4.79 Å². The largest absolute Gasteiger partial charge is 0.505 e. The molecule has 0 bridgehead atoms. The molecule has 35 heavy (non-hydrogen) atoms. The quantitative estimate of drug-likeness (QED) is 0.336. The lowest BCUT2D eigenvalue weighted by Gasteiger charge is -2.15. The van der Waals surface area contributed by atoms with Crippen LogP contribution in [0.5, 0.6) is 17.2 Å². The van der Waals surface area contributed by atoms with Crippen LogP contribution in [0.4, 0.5) is 0 Å². The molecule has 0 radical (unpaired) electrons. The fourth-order valence-electron chi connectivity index (χ4n) is 4.00. The Kier molecular flexibility index (Phi) is 5.96. The summed E-state index contributed by atoms with van der Waals surface area (Å²) in [6.07, 6.45) is 0. The minimum Gasteiger partial charge on any atom is -0.505 e. The van der Waals surface area contributed by atoms with Crippen LogP contribution in [0.25, 0.3) is 21.9 Å². The van der Waals surface area contributed by atoms with Crippen LogP contribution in [0.2, 0.25) is 0 Å². The maximum absolute atomic E-state index is 13.7. The lowest BCUT2D eigenvalue weighted by Crippen LogP contribution is -2.22. The maximum Gasteiger partial charge on any atom is 0.354 e. The third kappa shape index (κ3) is 4.13. The topological polar surface area (TPSA) is 90.9 Å². The van der Waals surface area contributed by atoms with Crippen molar-refractivity contribution in [3.05, 3.63) is 99.1 Å². The summed E-state index contributed by atoms with van der Waals surface area (Å²) in [5.41, 5.74) is 0.282. The molecule has 0 saturated heterocycles. The van der Waals surface area contributed by atoms with Crippen LogP contribution in [0.3, 0.4) is 0 Å². The molecule has 5 rings (SSSR count). The predicted octanol–water partition coefficient (Wildman–Crippen LogP) is 5.03. The third-order valence-electron chi connectivity index (χ3n) is 5.70. The molecule has 0 unspecified atom stereocenters. The second-order valence-electron chi connectivity index (χ2n) is 7.81. The zero-order valence-corrected chi connectivity index (χ0v) is 19.8. The average Bonchev–Trinajstić information content (AvgIpc) is 2.89. The van der Waals surface area contributed by atoms with Crippen LogP contribution in [0.1, 0.15) is 5.56 Å². The van der Waals surface area contributed by atoms with Crippen molar-refractivity contribution in [2.75, 3.05) is 14.2 Å². The van der Waals surface area contributed by atoms with Gasteiger partial charge in [-0.2, -0.15) is 0 Å². The number of aromatic nitrogens is 1. The molecule has 0 aliphatic rings. The van der Waals surface area contributed by atoms with Crippen molar-refractivity contribution < 1.29 is 19.0 Å². The zero-order chi connectivity index (χ0) is 24.5. The minimum absolute atomic E-state index is 0.0192. The van der Waals surface area contributed by atoms with Crippen LogP contribution in [0, 0.1) is 0 Å². The third-order valence-corrected chi connectivity index (χ3v) is 6.76. The number of nitrogens with zero attached hydrogens (tertiary/aromatic N) is 1. The molecule has 3 aromatic carbocycles. The summed E-state index contributed by atoms with van der Waals surface area (Å²) in [5, 5.41) is 11.6. The molecule has 0 saturated carbocycles. The van der Waals surface area contributed by atoms with Crippen molar-refractivity contribution in [3.63, 3.8) is 0 Å². The van der Waals surface area contributed by atoms with Crippen molar-refractivity contribution in [2.45, 2.75) is 16.3 Å². The Balaban J connectivity index is 1.79. The highest BCUT2D eigenvalue weighted by atomic mass is 32.2. The van der Waals surface area contributed by atoms with E-state index >= 15 is 0 Å². The van der Waals surface area contributed by atoms with Gasteiger partial charge in [-0.25, -0.2) is 4.79 Å². The van der Waals surface area contributed by atoms with Crippen LogP contribution in [-0.4, -0.2) is 23.9 Å². The Bertz CT molecular complexity index is 1670. The van der Waals surface area contributed by atoms with Crippen molar-refractivity contribution in [2.24, 2.45) is 0 Å². The molecule has 7 nitrogen and oxygen atoms in total. The molecule has 0 aliphatic carbocycles. The highest BCUT2D eigenvalue weighted by Crippen LogP contribution is 2.38. The SMILES string of the molecule is COc1cccc(Sc2c(O)c3c(=O)n(Cc4ccccc4)c4ccc(OC)cc4c3oc2=O)c1. The molecule has 8 heteroatoms. The Morgan fingerprint density at radius 2 is 1.66 bits per heavy atom. The van der Waals surface area contributed by atoms with Crippen LogP contribution in [-0.2, 0) is 6.54 Å². The highest BCUT2D eigenvalue weighted by Gasteiger charge is 2.23. The Morgan fingerprint density at radius 1 is 0.914 bits per heavy atom. The van der Waals surface area contributed by atoms with E-state index in [2.05, 4.69) is 0 Å². The number of hydrogen-bond acceptors (Lipinski definition) is 7. The van der Waals surface area contributed by atoms with Gasteiger partial charge in [-0.15, -0.1) is 0 Å². The van der Waals surface area contributed by atoms with Gasteiger partial charge >= 0.3 is 5.63 Å². The summed E-state index contributed by atoms with van der Waals surface area (Å²) >= 11 is 1.01. The molecule has 0 fully saturated rings. The number of benzene rings is 3. The fraction of sp³-hybridized carbons (Fsp3) is 0.111. The molecule has 2 heterocycles. The Labute approximate surface area is 204 Å². The van der Waals surface area contributed by atoms with Crippen molar-refractivity contribution in [1.29, 1.82) is 0 Å². The molecule has 0 atom stereocenters. The van der Waals surface area contributed by atoms with E-state index in [1.165, 1.54) is 7.11 Å². The normalized spacial score (nSPS) is 11.1. The van der Waals surface area contributed by atoms with Gasteiger partial charge in [0.2, 0.25) is 0 Å². The summed E-state index contributed by atoms with van der Waals surface area (Å²) in [4.78, 5) is 27.3. The van der Waals surface area contributed by atoms with E-state index in [1.807, 2.05) is 30.3 Å². The monoisotopic (exact) mass is 487 g/mol. The Morgan fingerprint density at radius 3 is 2.40 bits per heavy atom. The smallest absolute Gasteiger partial charge is 0.354 e. The molecule has 0 amide bonds. The molecular weight excluding hydrogens is 466 g/mol.